The molecule has 0 bridgehead atoms. The molecular formula is C24H24N2O3. The van der Waals surface area contributed by atoms with E-state index in [-0.39, 0.29) is 18.2 Å². The number of para-hydroxylation sites is 1. The van der Waals surface area contributed by atoms with Gasteiger partial charge in [0.15, 0.2) is 0 Å². The van der Waals surface area contributed by atoms with Gasteiger partial charge in [0.25, 0.3) is 0 Å². The van der Waals surface area contributed by atoms with Gasteiger partial charge in [0.2, 0.25) is 11.8 Å². The van der Waals surface area contributed by atoms with Crippen molar-refractivity contribution >= 4 is 17.5 Å². The summed E-state index contributed by atoms with van der Waals surface area (Å²) in [7, 11) is 1.60. The van der Waals surface area contributed by atoms with Crippen LogP contribution in [0.2, 0.25) is 0 Å². The number of hydrogen-bond acceptors (Lipinski definition) is 3. The first-order valence-electron chi connectivity index (χ1n) is 9.42. The number of methoxy groups -OCH3 is 1. The third kappa shape index (κ3) is 5.45. The highest BCUT2D eigenvalue weighted by Crippen LogP contribution is 2.28. The first-order chi connectivity index (χ1) is 14.1. The molecule has 0 radical (unpaired) electrons. The molecule has 2 N–H and O–H groups in total. The van der Waals surface area contributed by atoms with Crippen molar-refractivity contribution in [2.75, 3.05) is 12.4 Å². The van der Waals surface area contributed by atoms with Crippen molar-refractivity contribution in [3.63, 3.8) is 0 Å². The third-order valence-electron chi connectivity index (χ3n) is 4.57. The van der Waals surface area contributed by atoms with E-state index in [0.717, 1.165) is 28.1 Å². The molecule has 0 heterocycles. The van der Waals surface area contributed by atoms with E-state index < -0.39 is 6.04 Å². The predicted molar refractivity (Wildman–Crippen MR) is 115 cm³/mol. The van der Waals surface area contributed by atoms with Crippen LogP contribution in [0.15, 0.2) is 78.9 Å². The van der Waals surface area contributed by atoms with Gasteiger partial charge in [0, 0.05) is 18.2 Å². The molecule has 5 heteroatoms. The smallest absolute Gasteiger partial charge is 0.226 e. The highest BCUT2D eigenvalue weighted by molar-refractivity contribution is 5.96. The van der Waals surface area contributed by atoms with E-state index in [1.54, 1.807) is 7.11 Å². The summed E-state index contributed by atoms with van der Waals surface area (Å²) >= 11 is 0. The molecule has 0 saturated heterocycles. The van der Waals surface area contributed by atoms with Crippen molar-refractivity contribution in [3.05, 3.63) is 84.4 Å². The van der Waals surface area contributed by atoms with Crippen LogP contribution in [0, 0.1) is 0 Å². The van der Waals surface area contributed by atoms with Gasteiger partial charge in [-0.15, -0.1) is 0 Å². The first kappa shape index (κ1) is 20.1. The topological polar surface area (TPSA) is 67.4 Å². The van der Waals surface area contributed by atoms with Crippen molar-refractivity contribution in [2.45, 2.75) is 19.4 Å². The summed E-state index contributed by atoms with van der Waals surface area (Å²) in [6.07, 6.45) is 0.120. The van der Waals surface area contributed by atoms with Crippen LogP contribution in [0.3, 0.4) is 0 Å². The largest absolute Gasteiger partial charge is 0.497 e. The molecule has 148 valence electrons. The summed E-state index contributed by atoms with van der Waals surface area (Å²) in [5, 5.41) is 5.85. The fraction of sp³-hybridized carbons (Fsp3) is 0.167. The minimum absolute atomic E-state index is 0.120. The van der Waals surface area contributed by atoms with E-state index in [0.29, 0.717) is 0 Å². The molecule has 0 aromatic heterocycles. The lowest BCUT2D eigenvalue weighted by Crippen LogP contribution is -2.29. The zero-order chi connectivity index (χ0) is 20.6. The van der Waals surface area contributed by atoms with Crippen LogP contribution in [-0.2, 0) is 9.59 Å². The van der Waals surface area contributed by atoms with E-state index in [2.05, 4.69) is 10.6 Å². The third-order valence-corrected chi connectivity index (χ3v) is 4.57. The lowest BCUT2D eigenvalue weighted by molar-refractivity contribution is -0.120. The number of ether oxygens (including phenoxy) is 1. The molecule has 3 rings (SSSR count). The van der Waals surface area contributed by atoms with E-state index in [1.165, 1.54) is 6.92 Å². The van der Waals surface area contributed by atoms with Gasteiger partial charge < -0.3 is 15.4 Å². The van der Waals surface area contributed by atoms with Gasteiger partial charge in [-0.3, -0.25) is 9.59 Å². The molecule has 0 fully saturated rings. The molecule has 0 aliphatic carbocycles. The van der Waals surface area contributed by atoms with Crippen molar-refractivity contribution < 1.29 is 14.3 Å². The maximum Gasteiger partial charge on any atom is 0.226 e. The number of carbonyl (C=O) groups excluding carboxylic acids is 2. The quantitative estimate of drug-likeness (QED) is 0.623. The van der Waals surface area contributed by atoms with Crippen molar-refractivity contribution in [2.24, 2.45) is 0 Å². The highest BCUT2D eigenvalue weighted by atomic mass is 16.5. The average molecular weight is 388 g/mol. The molecule has 5 nitrogen and oxygen atoms in total. The molecule has 2 amide bonds. The molecule has 29 heavy (non-hydrogen) atoms. The summed E-state index contributed by atoms with van der Waals surface area (Å²) in [5.41, 5.74) is 3.55. The van der Waals surface area contributed by atoms with Crippen LogP contribution in [0.1, 0.15) is 24.9 Å². The van der Waals surface area contributed by atoms with Crippen LogP contribution >= 0.6 is 0 Å². The van der Waals surface area contributed by atoms with E-state index in [4.69, 9.17) is 4.74 Å². The Hall–Kier alpha value is -3.60. The Kier molecular flexibility index (Phi) is 6.63. The Morgan fingerprint density at radius 1 is 0.897 bits per heavy atom. The van der Waals surface area contributed by atoms with Gasteiger partial charge in [-0.25, -0.2) is 0 Å². The summed E-state index contributed by atoms with van der Waals surface area (Å²) < 4.78 is 5.18. The van der Waals surface area contributed by atoms with Crippen LogP contribution in [0.25, 0.3) is 11.1 Å². The second kappa shape index (κ2) is 9.55. The van der Waals surface area contributed by atoms with E-state index in [1.807, 2.05) is 78.9 Å². The molecule has 0 aliphatic heterocycles. The lowest BCUT2D eigenvalue weighted by atomic mass is 10.0. The molecule has 0 aliphatic rings. The van der Waals surface area contributed by atoms with Gasteiger partial charge in [-0.2, -0.15) is 0 Å². The van der Waals surface area contributed by atoms with Gasteiger partial charge in [-0.1, -0.05) is 60.7 Å². The lowest BCUT2D eigenvalue weighted by Gasteiger charge is -2.19. The van der Waals surface area contributed by atoms with Crippen LogP contribution in [-0.4, -0.2) is 18.9 Å². The van der Waals surface area contributed by atoms with Crippen molar-refractivity contribution in [1.29, 1.82) is 0 Å². The zero-order valence-corrected chi connectivity index (χ0v) is 16.5. The number of amides is 2. The second-order valence-corrected chi connectivity index (χ2v) is 6.69. The Morgan fingerprint density at radius 2 is 1.55 bits per heavy atom. The number of carbonyl (C=O) groups is 2. The zero-order valence-electron chi connectivity index (χ0n) is 16.5. The van der Waals surface area contributed by atoms with E-state index in [9.17, 15) is 9.59 Å². The summed E-state index contributed by atoms with van der Waals surface area (Å²) in [6.45, 7) is 1.44. The summed E-state index contributed by atoms with van der Waals surface area (Å²) in [4.78, 5) is 24.5. The maximum atomic E-state index is 12.8. The summed E-state index contributed by atoms with van der Waals surface area (Å²) in [6, 6.07) is 24.5. The number of anilines is 1. The molecular weight excluding hydrogens is 364 g/mol. The minimum Gasteiger partial charge on any atom is -0.497 e. The number of rotatable bonds is 7. The van der Waals surface area contributed by atoms with Gasteiger partial charge >= 0.3 is 0 Å². The van der Waals surface area contributed by atoms with Gasteiger partial charge in [0.05, 0.1) is 19.6 Å². The molecule has 0 saturated carbocycles. The number of nitrogens with one attached hydrogen (secondary N) is 2. The fourth-order valence-corrected chi connectivity index (χ4v) is 3.18. The average Bonchev–Trinajstić information content (AvgIpc) is 2.74. The standard InChI is InChI=1S/C24H24N2O3/c1-17(27)25-23(19-12-14-20(29-2)15-13-19)16-24(28)26-22-11-7-6-10-21(22)18-8-4-3-5-9-18/h3-15,23H,16H2,1-2H3,(H,25,27)(H,26,28)/t23-/m0/s1. The molecule has 3 aromatic rings. The molecule has 0 spiro atoms. The minimum atomic E-state index is -0.428. The Morgan fingerprint density at radius 3 is 2.21 bits per heavy atom. The SMILES string of the molecule is COc1ccc([C@H](CC(=O)Nc2ccccc2-c2ccccc2)NC(C)=O)cc1. The van der Waals surface area contributed by atoms with Crippen molar-refractivity contribution in [1.82, 2.24) is 5.32 Å². The van der Waals surface area contributed by atoms with Gasteiger partial charge in [0.1, 0.15) is 5.75 Å². The number of hydrogen-bond donors (Lipinski definition) is 2. The van der Waals surface area contributed by atoms with Crippen LogP contribution in [0.5, 0.6) is 5.75 Å². The molecule has 3 aromatic carbocycles. The monoisotopic (exact) mass is 388 g/mol. The first-order valence-corrected chi connectivity index (χ1v) is 9.42. The van der Waals surface area contributed by atoms with Crippen LogP contribution in [0.4, 0.5) is 5.69 Å². The second-order valence-electron chi connectivity index (χ2n) is 6.69. The summed E-state index contributed by atoms with van der Waals surface area (Å²) in [5.74, 6) is 0.350. The number of benzene rings is 3. The molecule has 0 unspecified atom stereocenters. The normalized spacial score (nSPS) is 11.4. The fourth-order valence-electron chi connectivity index (χ4n) is 3.18. The Balaban J connectivity index is 1.78. The Bertz CT molecular complexity index is 969. The Labute approximate surface area is 170 Å². The van der Waals surface area contributed by atoms with Gasteiger partial charge in [-0.05, 0) is 29.3 Å². The van der Waals surface area contributed by atoms with Crippen LogP contribution < -0.4 is 15.4 Å². The van der Waals surface area contributed by atoms with E-state index >= 15 is 0 Å². The highest BCUT2D eigenvalue weighted by Gasteiger charge is 2.18. The van der Waals surface area contributed by atoms with Crippen molar-refractivity contribution in [3.8, 4) is 16.9 Å². The molecule has 1 atom stereocenters. The maximum absolute atomic E-state index is 12.8. The predicted octanol–water partition coefficient (Wildman–Crippen LogP) is 4.57.